The van der Waals surface area contributed by atoms with Crippen LogP contribution in [0.15, 0.2) is 72.7 Å². The summed E-state index contributed by atoms with van der Waals surface area (Å²) in [4.78, 5) is 16.8. The van der Waals surface area contributed by atoms with Gasteiger partial charge < -0.3 is 4.42 Å². The molecule has 0 aliphatic rings. The van der Waals surface area contributed by atoms with Gasteiger partial charge in [0.2, 0.25) is 0 Å². The molecule has 4 rings (SSSR count). The second-order valence-electron chi connectivity index (χ2n) is 5.86. The van der Waals surface area contributed by atoms with Crippen molar-refractivity contribution >= 4 is 61.2 Å². The Labute approximate surface area is 182 Å². The molecule has 6 nitrogen and oxygen atoms in total. The smallest absolute Gasteiger partial charge is 0.345 e. The van der Waals surface area contributed by atoms with E-state index in [2.05, 4.69) is 31.4 Å². The van der Waals surface area contributed by atoms with Crippen LogP contribution in [0, 0.1) is 11.3 Å². The van der Waals surface area contributed by atoms with Gasteiger partial charge in [-0.2, -0.15) is 10.4 Å². The monoisotopic (exact) mass is 484 g/mol. The number of anilines is 1. The van der Waals surface area contributed by atoms with Crippen molar-refractivity contribution in [1.82, 2.24) is 4.98 Å². The molecule has 2 aromatic heterocycles. The van der Waals surface area contributed by atoms with E-state index in [4.69, 9.17) is 16.0 Å². The molecule has 0 aliphatic heterocycles. The fraction of sp³-hybridized carbons (Fsp3) is 0. The third-order valence-electron chi connectivity index (χ3n) is 3.92. The molecule has 0 amide bonds. The van der Waals surface area contributed by atoms with E-state index in [1.807, 2.05) is 12.1 Å². The number of nitriles is 1. The van der Waals surface area contributed by atoms with Crippen LogP contribution < -0.4 is 11.1 Å². The Bertz CT molecular complexity index is 1340. The van der Waals surface area contributed by atoms with Crippen molar-refractivity contribution in [1.29, 1.82) is 5.26 Å². The predicted octanol–water partition coefficient (Wildman–Crippen LogP) is 5.67. The van der Waals surface area contributed by atoms with Gasteiger partial charge in [0.25, 0.3) is 0 Å². The van der Waals surface area contributed by atoms with Crippen LogP contribution in [0.1, 0.15) is 5.01 Å². The minimum absolute atomic E-state index is 0.101. The van der Waals surface area contributed by atoms with Gasteiger partial charge in [-0.05, 0) is 48.5 Å². The normalized spacial score (nSPS) is 11.4. The summed E-state index contributed by atoms with van der Waals surface area (Å²) >= 11 is 10.5. The number of halogens is 2. The van der Waals surface area contributed by atoms with Crippen molar-refractivity contribution in [3.05, 3.63) is 78.8 Å². The zero-order valence-corrected chi connectivity index (χ0v) is 17.7. The van der Waals surface area contributed by atoms with Crippen molar-refractivity contribution in [2.45, 2.75) is 0 Å². The van der Waals surface area contributed by atoms with E-state index in [-0.39, 0.29) is 5.71 Å². The maximum absolute atomic E-state index is 12.4. The summed E-state index contributed by atoms with van der Waals surface area (Å²) in [6.45, 7) is 0. The highest BCUT2D eigenvalue weighted by atomic mass is 79.9. The maximum atomic E-state index is 12.4. The van der Waals surface area contributed by atoms with Crippen LogP contribution >= 0.6 is 38.9 Å². The second kappa shape index (κ2) is 8.17. The van der Waals surface area contributed by atoms with Gasteiger partial charge in [-0.25, -0.2) is 9.78 Å². The van der Waals surface area contributed by atoms with Gasteiger partial charge in [0.15, 0.2) is 10.7 Å². The first-order valence-electron chi connectivity index (χ1n) is 8.22. The van der Waals surface area contributed by atoms with E-state index >= 15 is 0 Å². The Morgan fingerprint density at radius 3 is 2.79 bits per heavy atom. The Hall–Kier alpha value is -2.99. The Morgan fingerprint density at radius 2 is 2.03 bits per heavy atom. The van der Waals surface area contributed by atoms with E-state index in [0.717, 1.165) is 9.86 Å². The Morgan fingerprint density at radius 1 is 1.24 bits per heavy atom. The molecule has 9 heteroatoms. The summed E-state index contributed by atoms with van der Waals surface area (Å²) in [7, 11) is 0. The van der Waals surface area contributed by atoms with Gasteiger partial charge in [-0.15, -0.1) is 11.3 Å². The lowest BCUT2D eigenvalue weighted by Gasteiger charge is -2.01. The van der Waals surface area contributed by atoms with Crippen LogP contribution in [-0.2, 0) is 0 Å². The average molecular weight is 486 g/mol. The number of benzene rings is 2. The lowest BCUT2D eigenvalue weighted by Crippen LogP contribution is -2.04. The molecule has 0 saturated carbocycles. The molecule has 0 saturated heterocycles. The number of hydrogen-bond acceptors (Lipinski definition) is 7. The molecule has 4 aromatic rings. The first-order chi connectivity index (χ1) is 14.0. The van der Waals surface area contributed by atoms with E-state index in [9.17, 15) is 10.1 Å². The lowest BCUT2D eigenvalue weighted by molar-refractivity contribution is 0.563. The predicted molar refractivity (Wildman–Crippen MR) is 119 cm³/mol. The summed E-state index contributed by atoms with van der Waals surface area (Å²) in [5.74, 6) is 0. The van der Waals surface area contributed by atoms with E-state index in [0.29, 0.717) is 32.6 Å². The molecule has 29 heavy (non-hydrogen) atoms. The Balaban J connectivity index is 1.66. The van der Waals surface area contributed by atoms with E-state index in [1.54, 1.807) is 47.8 Å². The third kappa shape index (κ3) is 4.22. The highest BCUT2D eigenvalue weighted by Crippen LogP contribution is 2.25. The first kappa shape index (κ1) is 19.3. The SMILES string of the molecule is N#CC(=NNc1ccc(Cl)cc1)c1nc(-c2cc3cc(Br)ccc3oc2=O)cs1. The molecule has 0 aliphatic carbocycles. The molecule has 0 unspecified atom stereocenters. The van der Waals surface area contributed by atoms with Crippen molar-refractivity contribution in [2.24, 2.45) is 5.10 Å². The van der Waals surface area contributed by atoms with Gasteiger partial charge >= 0.3 is 5.63 Å². The van der Waals surface area contributed by atoms with Crippen LogP contribution in [-0.4, -0.2) is 10.7 Å². The average Bonchev–Trinajstić information content (AvgIpc) is 3.19. The zero-order chi connectivity index (χ0) is 20.4. The van der Waals surface area contributed by atoms with Gasteiger partial charge in [-0.1, -0.05) is 27.5 Å². The fourth-order valence-electron chi connectivity index (χ4n) is 2.54. The molecular formula is C20H10BrClN4O2S. The molecule has 2 heterocycles. The number of nitrogens with one attached hydrogen (secondary N) is 1. The molecule has 0 bridgehead atoms. The number of hydrazone groups is 1. The number of rotatable bonds is 4. The summed E-state index contributed by atoms with van der Waals surface area (Å²) in [6, 6.07) is 16.0. The largest absolute Gasteiger partial charge is 0.422 e. The van der Waals surface area contributed by atoms with Crippen molar-refractivity contribution in [3.8, 4) is 17.3 Å². The van der Waals surface area contributed by atoms with Crippen LogP contribution in [0.2, 0.25) is 5.02 Å². The summed E-state index contributed by atoms with van der Waals surface area (Å²) < 4.78 is 6.25. The summed E-state index contributed by atoms with van der Waals surface area (Å²) in [6.07, 6.45) is 0. The number of thiazole rings is 1. The first-order valence-corrected chi connectivity index (χ1v) is 10.3. The van der Waals surface area contributed by atoms with E-state index < -0.39 is 5.63 Å². The molecule has 0 atom stereocenters. The van der Waals surface area contributed by atoms with Crippen LogP contribution in [0.4, 0.5) is 5.69 Å². The maximum Gasteiger partial charge on any atom is 0.345 e. The lowest BCUT2D eigenvalue weighted by atomic mass is 10.1. The van der Waals surface area contributed by atoms with Crippen LogP contribution in [0.25, 0.3) is 22.2 Å². The Kier molecular flexibility index (Phi) is 5.45. The number of hydrogen-bond donors (Lipinski definition) is 1. The van der Waals surface area contributed by atoms with Crippen LogP contribution in [0.5, 0.6) is 0 Å². The summed E-state index contributed by atoms with van der Waals surface area (Å²) in [5, 5.41) is 17.0. The van der Waals surface area contributed by atoms with Gasteiger partial charge in [-0.3, -0.25) is 5.43 Å². The third-order valence-corrected chi connectivity index (χ3v) is 5.52. The zero-order valence-electron chi connectivity index (χ0n) is 14.5. The topological polar surface area (TPSA) is 91.3 Å². The van der Waals surface area contributed by atoms with Gasteiger partial charge in [0.1, 0.15) is 11.7 Å². The molecule has 2 aromatic carbocycles. The number of aromatic nitrogens is 1. The highest BCUT2D eigenvalue weighted by molar-refractivity contribution is 9.10. The van der Waals surface area contributed by atoms with E-state index in [1.165, 1.54) is 11.3 Å². The summed E-state index contributed by atoms with van der Waals surface area (Å²) in [5.41, 5.74) is 4.32. The minimum atomic E-state index is -0.494. The molecule has 0 spiro atoms. The standard InChI is InChI=1S/C20H10BrClN4O2S/c21-12-1-6-18-11(7-12)8-15(20(27)28-18)17-10-29-19(24-17)16(9-23)26-25-14-4-2-13(22)3-5-14/h1-8,10,25H. The molecule has 142 valence electrons. The second-order valence-corrected chi connectivity index (χ2v) is 8.07. The highest BCUT2D eigenvalue weighted by Gasteiger charge is 2.15. The number of fused-ring (bicyclic) bond motifs is 1. The minimum Gasteiger partial charge on any atom is -0.422 e. The quantitative estimate of drug-likeness (QED) is 0.228. The van der Waals surface area contributed by atoms with Crippen molar-refractivity contribution in [3.63, 3.8) is 0 Å². The molecule has 0 fully saturated rings. The van der Waals surface area contributed by atoms with Gasteiger partial charge in [0, 0.05) is 20.3 Å². The molecular weight excluding hydrogens is 476 g/mol. The van der Waals surface area contributed by atoms with Crippen molar-refractivity contribution in [2.75, 3.05) is 5.43 Å². The number of nitrogens with zero attached hydrogens (tertiary/aromatic N) is 3. The van der Waals surface area contributed by atoms with Gasteiger partial charge in [0.05, 0.1) is 16.9 Å². The molecule has 0 radical (unpaired) electrons. The van der Waals surface area contributed by atoms with Crippen molar-refractivity contribution < 1.29 is 4.42 Å². The van der Waals surface area contributed by atoms with Crippen LogP contribution in [0.3, 0.4) is 0 Å². The fourth-order valence-corrected chi connectivity index (χ4v) is 3.81. The molecule has 1 N–H and O–H groups in total.